The predicted octanol–water partition coefficient (Wildman–Crippen LogP) is 0.336. The van der Waals surface area contributed by atoms with E-state index in [-0.39, 0.29) is 5.91 Å². The van der Waals surface area contributed by atoms with Gasteiger partial charge in [0.1, 0.15) is 0 Å². The molecule has 4 heteroatoms. The van der Waals surface area contributed by atoms with Gasteiger partial charge in [-0.25, -0.2) is 4.79 Å². The normalized spacial score (nSPS) is 22.8. The minimum absolute atomic E-state index is 0.113. The van der Waals surface area contributed by atoms with Crippen LogP contribution in [-0.2, 0) is 14.3 Å². The van der Waals surface area contributed by atoms with Gasteiger partial charge >= 0.3 is 5.97 Å². The first-order valence-corrected chi connectivity index (χ1v) is 4.23. The van der Waals surface area contributed by atoms with E-state index >= 15 is 0 Å². The average molecular weight is 183 g/mol. The number of esters is 1. The zero-order valence-corrected chi connectivity index (χ0v) is 7.82. The molecule has 0 aromatic rings. The number of carbonyl (C=O) groups is 2. The van der Waals surface area contributed by atoms with Crippen LogP contribution in [0, 0.1) is 0 Å². The van der Waals surface area contributed by atoms with E-state index in [1.807, 2.05) is 0 Å². The Hall–Kier alpha value is -1.32. The molecule has 1 rings (SSSR count). The maximum Gasteiger partial charge on any atom is 0.331 e. The predicted molar refractivity (Wildman–Crippen MR) is 46.9 cm³/mol. The van der Waals surface area contributed by atoms with Gasteiger partial charge in [-0.3, -0.25) is 4.79 Å². The second-order valence-corrected chi connectivity index (χ2v) is 2.97. The summed E-state index contributed by atoms with van der Waals surface area (Å²) in [4.78, 5) is 23.8. The molecular formula is C9H13NO3. The van der Waals surface area contributed by atoms with Crippen molar-refractivity contribution in [3.05, 3.63) is 12.2 Å². The summed E-state index contributed by atoms with van der Waals surface area (Å²) < 4.78 is 4.92. The zero-order chi connectivity index (χ0) is 9.84. The number of hydrogen-bond acceptors (Lipinski definition) is 3. The third-order valence-corrected chi connectivity index (χ3v) is 1.94. The van der Waals surface area contributed by atoms with E-state index in [1.54, 1.807) is 24.9 Å². The van der Waals surface area contributed by atoms with Crippen LogP contribution < -0.4 is 0 Å². The summed E-state index contributed by atoms with van der Waals surface area (Å²) in [6.45, 7) is 2.39. The molecule has 0 aromatic heterocycles. The van der Waals surface area contributed by atoms with Gasteiger partial charge in [-0.15, -0.1) is 0 Å². The van der Waals surface area contributed by atoms with Crippen LogP contribution in [0.5, 0.6) is 0 Å². The van der Waals surface area contributed by atoms with E-state index in [0.29, 0.717) is 13.0 Å². The number of likely N-dealkylation sites (N-methyl/N-ethyl adjacent to an activating group) is 1. The molecule has 1 saturated heterocycles. The highest BCUT2D eigenvalue weighted by molar-refractivity contribution is 5.88. The van der Waals surface area contributed by atoms with Crippen molar-refractivity contribution in [3.8, 4) is 0 Å². The second kappa shape index (κ2) is 4.07. The average Bonchev–Trinajstić information content (AvgIpc) is 2.37. The van der Waals surface area contributed by atoms with E-state index in [0.717, 1.165) is 0 Å². The lowest BCUT2D eigenvalue weighted by Crippen LogP contribution is -2.28. The molecular weight excluding hydrogens is 170 g/mol. The van der Waals surface area contributed by atoms with Crippen molar-refractivity contribution in [1.82, 2.24) is 4.90 Å². The fraction of sp³-hybridized carbons (Fsp3) is 0.556. The highest BCUT2D eigenvalue weighted by Gasteiger charge is 2.31. The molecule has 0 spiro atoms. The standard InChI is InChI=1S/C9H13NO3/c1-3-4-8(11)13-7-5-6-10(2)9(7)12/h3-4,7H,5-6H2,1-2H3/b4-3+. The smallest absolute Gasteiger partial charge is 0.331 e. The summed E-state index contributed by atoms with van der Waals surface area (Å²) in [5.74, 6) is -0.561. The maximum absolute atomic E-state index is 11.3. The molecule has 0 saturated carbocycles. The maximum atomic E-state index is 11.3. The van der Waals surface area contributed by atoms with Gasteiger partial charge in [-0.05, 0) is 6.92 Å². The number of rotatable bonds is 2. The van der Waals surface area contributed by atoms with Crippen LogP contribution in [0.15, 0.2) is 12.2 Å². The summed E-state index contributed by atoms with van der Waals surface area (Å²) in [5.41, 5.74) is 0. The van der Waals surface area contributed by atoms with Gasteiger partial charge in [0.2, 0.25) is 0 Å². The second-order valence-electron chi connectivity index (χ2n) is 2.97. The summed E-state index contributed by atoms with van der Waals surface area (Å²) in [6, 6.07) is 0. The zero-order valence-electron chi connectivity index (χ0n) is 7.82. The number of nitrogens with zero attached hydrogens (tertiary/aromatic N) is 1. The number of ether oxygens (including phenoxy) is 1. The van der Waals surface area contributed by atoms with E-state index in [1.165, 1.54) is 6.08 Å². The molecule has 1 amide bonds. The molecule has 0 N–H and O–H groups in total. The molecule has 0 bridgehead atoms. The van der Waals surface area contributed by atoms with Crippen LogP contribution >= 0.6 is 0 Å². The molecule has 0 aliphatic carbocycles. The fourth-order valence-electron chi connectivity index (χ4n) is 1.22. The first kappa shape index (κ1) is 9.77. The lowest BCUT2D eigenvalue weighted by Gasteiger charge is -2.09. The van der Waals surface area contributed by atoms with Gasteiger partial charge in [0.25, 0.3) is 5.91 Å². The molecule has 1 heterocycles. The first-order chi connectivity index (χ1) is 6.15. The van der Waals surface area contributed by atoms with E-state index in [2.05, 4.69) is 0 Å². The van der Waals surface area contributed by atoms with Gasteiger partial charge in [0.05, 0.1) is 0 Å². The molecule has 72 valence electrons. The summed E-state index contributed by atoms with van der Waals surface area (Å²) in [7, 11) is 1.70. The Morgan fingerprint density at radius 1 is 1.69 bits per heavy atom. The van der Waals surface area contributed by atoms with Crippen molar-refractivity contribution in [2.45, 2.75) is 19.4 Å². The van der Waals surface area contributed by atoms with Gasteiger partial charge in [0, 0.05) is 26.1 Å². The van der Waals surface area contributed by atoms with Crippen LogP contribution in [0.3, 0.4) is 0 Å². The molecule has 0 aromatic carbocycles. The Morgan fingerprint density at radius 3 is 2.85 bits per heavy atom. The summed E-state index contributed by atoms with van der Waals surface area (Å²) in [5, 5.41) is 0. The largest absolute Gasteiger partial charge is 0.449 e. The van der Waals surface area contributed by atoms with Crippen molar-refractivity contribution >= 4 is 11.9 Å². The lowest BCUT2D eigenvalue weighted by atomic mass is 10.3. The number of hydrogen-bond donors (Lipinski definition) is 0. The highest BCUT2D eigenvalue weighted by atomic mass is 16.5. The molecule has 13 heavy (non-hydrogen) atoms. The molecule has 4 nitrogen and oxygen atoms in total. The lowest BCUT2D eigenvalue weighted by molar-refractivity contribution is -0.151. The molecule has 1 fully saturated rings. The first-order valence-electron chi connectivity index (χ1n) is 4.23. The number of amides is 1. The SMILES string of the molecule is C/C=C/C(=O)OC1CCN(C)C1=O. The van der Waals surface area contributed by atoms with Crippen molar-refractivity contribution in [2.24, 2.45) is 0 Å². The van der Waals surface area contributed by atoms with E-state index < -0.39 is 12.1 Å². The molecule has 1 aliphatic heterocycles. The van der Waals surface area contributed by atoms with Crippen molar-refractivity contribution in [3.63, 3.8) is 0 Å². The van der Waals surface area contributed by atoms with Gasteiger partial charge in [0.15, 0.2) is 6.10 Å². The highest BCUT2D eigenvalue weighted by Crippen LogP contribution is 2.12. The molecule has 0 radical (unpaired) electrons. The van der Waals surface area contributed by atoms with Gasteiger partial charge in [-0.1, -0.05) is 6.08 Å². The van der Waals surface area contributed by atoms with Crippen molar-refractivity contribution in [2.75, 3.05) is 13.6 Å². The van der Waals surface area contributed by atoms with Crippen molar-refractivity contribution < 1.29 is 14.3 Å². The van der Waals surface area contributed by atoms with Crippen LogP contribution in [0.25, 0.3) is 0 Å². The Bertz CT molecular complexity index is 247. The van der Waals surface area contributed by atoms with Gasteiger partial charge in [-0.2, -0.15) is 0 Å². The Labute approximate surface area is 77.2 Å². The molecule has 1 unspecified atom stereocenters. The Balaban J connectivity index is 2.47. The minimum Gasteiger partial charge on any atom is -0.449 e. The monoisotopic (exact) mass is 183 g/mol. The van der Waals surface area contributed by atoms with E-state index in [4.69, 9.17) is 4.74 Å². The van der Waals surface area contributed by atoms with Crippen LogP contribution in [0.2, 0.25) is 0 Å². The number of carbonyl (C=O) groups excluding carboxylic acids is 2. The fourth-order valence-corrected chi connectivity index (χ4v) is 1.22. The summed E-state index contributed by atoms with van der Waals surface area (Å²) >= 11 is 0. The third kappa shape index (κ3) is 2.31. The number of allylic oxidation sites excluding steroid dienone is 1. The van der Waals surface area contributed by atoms with E-state index in [9.17, 15) is 9.59 Å². The Morgan fingerprint density at radius 2 is 2.38 bits per heavy atom. The molecule has 1 atom stereocenters. The number of likely N-dealkylation sites (tertiary alicyclic amines) is 1. The topological polar surface area (TPSA) is 46.6 Å². The van der Waals surface area contributed by atoms with Gasteiger partial charge < -0.3 is 9.64 Å². The van der Waals surface area contributed by atoms with Crippen molar-refractivity contribution in [1.29, 1.82) is 0 Å². The quantitative estimate of drug-likeness (QED) is 0.458. The van der Waals surface area contributed by atoms with Crippen LogP contribution in [0.4, 0.5) is 0 Å². The third-order valence-electron chi connectivity index (χ3n) is 1.94. The van der Waals surface area contributed by atoms with Crippen LogP contribution in [-0.4, -0.2) is 36.5 Å². The summed E-state index contributed by atoms with van der Waals surface area (Å²) in [6.07, 6.45) is 2.92. The molecule has 1 aliphatic rings. The Kier molecular flexibility index (Phi) is 3.06. The minimum atomic E-state index is -0.575. The van der Waals surface area contributed by atoms with Crippen LogP contribution in [0.1, 0.15) is 13.3 Å².